The molecule has 0 bridgehead atoms. The second-order valence-electron chi connectivity index (χ2n) is 8.23. The zero-order valence-corrected chi connectivity index (χ0v) is 16.9. The SMILES string of the molecule is c1cncc(-c2ccc(NC[C@H]3CC[C@]4(CC3)CN(c3cccnn3)CO4)nc2)c1. The Morgan fingerprint density at radius 2 is 1.90 bits per heavy atom. The van der Waals surface area contributed by atoms with E-state index in [-0.39, 0.29) is 5.60 Å². The highest BCUT2D eigenvalue weighted by atomic mass is 16.5. The molecule has 1 saturated heterocycles. The van der Waals surface area contributed by atoms with E-state index in [9.17, 15) is 0 Å². The van der Waals surface area contributed by atoms with Crippen LogP contribution in [0.25, 0.3) is 11.1 Å². The van der Waals surface area contributed by atoms with Gasteiger partial charge in [-0.05, 0) is 61.9 Å². The van der Waals surface area contributed by atoms with Gasteiger partial charge in [0.15, 0.2) is 5.82 Å². The van der Waals surface area contributed by atoms with Crippen molar-refractivity contribution in [3.05, 3.63) is 61.2 Å². The fraction of sp³-hybridized carbons (Fsp3) is 0.391. The molecule has 1 saturated carbocycles. The second-order valence-corrected chi connectivity index (χ2v) is 8.23. The van der Waals surface area contributed by atoms with Gasteiger partial charge in [0.25, 0.3) is 0 Å². The molecule has 1 spiro atoms. The third-order valence-corrected chi connectivity index (χ3v) is 6.23. The third kappa shape index (κ3) is 4.11. The summed E-state index contributed by atoms with van der Waals surface area (Å²) in [6, 6.07) is 12.1. The van der Waals surface area contributed by atoms with Crippen molar-refractivity contribution in [1.29, 1.82) is 0 Å². The number of pyridine rings is 2. The number of rotatable bonds is 5. The van der Waals surface area contributed by atoms with Crippen molar-refractivity contribution >= 4 is 11.6 Å². The first-order valence-electron chi connectivity index (χ1n) is 10.6. The Bertz CT molecular complexity index is 942. The standard InChI is InChI=1S/C23H26N6O/c1-3-19(14-24-11-1)20-5-6-21(26-15-20)25-13-18-7-9-23(10-8-18)16-29(17-30-23)22-4-2-12-27-28-22/h1-6,11-12,14-15,18H,7-10,13,16-17H2,(H,25,26)/t18-,23-. The quantitative estimate of drug-likeness (QED) is 0.696. The van der Waals surface area contributed by atoms with Gasteiger partial charge in [0.1, 0.15) is 12.5 Å². The highest BCUT2D eigenvalue weighted by Gasteiger charge is 2.42. The van der Waals surface area contributed by atoms with E-state index in [4.69, 9.17) is 4.74 Å². The molecule has 0 atom stereocenters. The molecule has 2 fully saturated rings. The van der Waals surface area contributed by atoms with E-state index in [1.807, 2.05) is 42.7 Å². The highest BCUT2D eigenvalue weighted by molar-refractivity contribution is 5.62. The van der Waals surface area contributed by atoms with Crippen molar-refractivity contribution in [2.45, 2.75) is 31.3 Å². The van der Waals surface area contributed by atoms with Crippen LogP contribution in [0.4, 0.5) is 11.6 Å². The van der Waals surface area contributed by atoms with E-state index >= 15 is 0 Å². The van der Waals surface area contributed by atoms with Gasteiger partial charge < -0.3 is 15.0 Å². The number of nitrogens with zero attached hydrogens (tertiary/aromatic N) is 5. The Kier molecular flexibility index (Phi) is 5.27. The topological polar surface area (TPSA) is 76.1 Å². The molecule has 7 heteroatoms. The molecule has 7 nitrogen and oxygen atoms in total. The van der Waals surface area contributed by atoms with Crippen molar-refractivity contribution in [2.75, 3.05) is 30.0 Å². The molecule has 3 aromatic rings. The molecular formula is C23H26N6O. The summed E-state index contributed by atoms with van der Waals surface area (Å²) in [6.07, 6.45) is 11.7. The lowest BCUT2D eigenvalue weighted by Gasteiger charge is -2.36. The van der Waals surface area contributed by atoms with E-state index < -0.39 is 0 Å². The average molecular weight is 403 g/mol. The second kappa shape index (κ2) is 8.36. The molecule has 3 aromatic heterocycles. The van der Waals surface area contributed by atoms with Crippen molar-refractivity contribution in [3.8, 4) is 11.1 Å². The molecule has 1 N–H and O–H groups in total. The van der Waals surface area contributed by atoms with Crippen LogP contribution in [0.15, 0.2) is 61.2 Å². The fourth-order valence-corrected chi connectivity index (χ4v) is 4.43. The van der Waals surface area contributed by atoms with Crippen molar-refractivity contribution in [3.63, 3.8) is 0 Å². The van der Waals surface area contributed by atoms with Crippen LogP contribution in [-0.2, 0) is 4.74 Å². The van der Waals surface area contributed by atoms with Crippen LogP contribution in [0.1, 0.15) is 25.7 Å². The largest absolute Gasteiger partial charge is 0.370 e. The number of aromatic nitrogens is 4. The van der Waals surface area contributed by atoms with E-state index in [1.54, 1.807) is 12.4 Å². The number of anilines is 2. The maximum atomic E-state index is 6.24. The van der Waals surface area contributed by atoms with Crippen LogP contribution < -0.4 is 10.2 Å². The Morgan fingerprint density at radius 1 is 1.03 bits per heavy atom. The summed E-state index contributed by atoms with van der Waals surface area (Å²) in [5, 5.41) is 11.7. The summed E-state index contributed by atoms with van der Waals surface area (Å²) in [7, 11) is 0. The first kappa shape index (κ1) is 18.9. The average Bonchev–Trinajstić information content (AvgIpc) is 3.24. The molecule has 1 aliphatic heterocycles. The van der Waals surface area contributed by atoms with Crippen molar-refractivity contribution < 1.29 is 4.74 Å². The van der Waals surface area contributed by atoms with Gasteiger partial charge in [-0.25, -0.2) is 4.98 Å². The van der Waals surface area contributed by atoms with Crippen LogP contribution in [0, 0.1) is 5.92 Å². The zero-order valence-electron chi connectivity index (χ0n) is 16.9. The van der Waals surface area contributed by atoms with Crippen LogP contribution in [0.2, 0.25) is 0 Å². The van der Waals surface area contributed by atoms with Crippen LogP contribution in [0.5, 0.6) is 0 Å². The number of ether oxygens (including phenoxy) is 1. The molecule has 5 rings (SSSR count). The molecule has 30 heavy (non-hydrogen) atoms. The predicted octanol–water partition coefficient (Wildman–Crippen LogP) is 3.77. The summed E-state index contributed by atoms with van der Waals surface area (Å²) in [5.41, 5.74) is 2.14. The maximum absolute atomic E-state index is 6.24. The van der Waals surface area contributed by atoms with Crippen molar-refractivity contribution in [2.24, 2.45) is 5.92 Å². The first-order chi connectivity index (χ1) is 14.8. The third-order valence-electron chi connectivity index (χ3n) is 6.23. The molecule has 0 amide bonds. The molecule has 0 radical (unpaired) electrons. The first-order valence-corrected chi connectivity index (χ1v) is 10.6. The Morgan fingerprint density at radius 3 is 2.63 bits per heavy atom. The van der Waals surface area contributed by atoms with Gasteiger partial charge in [0.2, 0.25) is 0 Å². The summed E-state index contributed by atoms with van der Waals surface area (Å²) in [5.74, 6) is 2.47. The molecule has 4 heterocycles. The lowest BCUT2D eigenvalue weighted by molar-refractivity contribution is -0.0258. The van der Waals surface area contributed by atoms with E-state index in [1.165, 1.54) is 0 Å². The van der Waals surface area contributed by atoms with Crippen LogP contribution in [0.3, 0.4) is 0 Å². The minimum atomic E-state index is -0.0301. The lowest BCUT2D eigenvalue weighted by atomic mass is 9.78. The molecular weight excluding hydrogens is 376 g/mol. The van der Waals surface area contributed by atoms with Gasteiger partial charge in [-0.3, -0.25) is 4.98 Å². The molecule has 2 aliphatic rings. The summed E-state index contributed by atoms with van der Waals surface area (Å²) in [6.45, 7) is 2.46. The zero-order chi connectivity index (χ0) is 20.2. The number of nitrogens with one attached hydrogen (secondary N) is 1. The van der Waals surface area contributed by atoms with E-state index in [0.717, 1.165) is 61.5 Å². The normalized spacial score (nSPS) is 23.6. The smallest absolute Gasteiger partial charge is 0.153 e. The van der Waals surface area contributed by atoms with Gasteiger partial charge in [-0.1, -0.05) is 6.07 Å². The van der Waals surface area contributed by atoms with Gasteiger partial charge >= 0.3 is 0 Å². The number of hydrogen-bond acceptors (Lipinski definition) is 7. The van der Waals surface area contributed by atoms with Crippen LogP contribution in [-0.4, -0.2) is 45.6 Å². The van der Waals surface area contributed by atoms with E-state index in [2.05, 4.69) is 36.4 Å². The fourth-order valence-electron chi connectivity index (χ4n) is 4.43. The van der Waals surface area contributed by atoms with Gasteiger partial charge in [-0.2, -0.15) is 5.10 Å². The Hall–Kier alpha value is -3.06. The summed E-state index contributed by atoms with van der Waals surface area (Å²) in [4.78, 5) is 10.9. The van der Waals surface area contributed by atoms with Gasteiger partial charge in [0.05, 0.1) is 12.1 Å². The van der Waals surface area contributed by atoms with Gasteiger partial charge in [0, 0.05) is 42.5 Å². The van der Waals surface area contributed by atoms with Crippen LogP contribution >= 0.6 is 0 Å². The summed E-state index contributed by atoms with van der Waals surface area (Å²) < 4.78 is 6.24. The van der Waals surface area contributed by atoms with E-state index in [0.29, 0.717) is 12.6 Å². The summed E-state index contributed by atoms with van der Waals surface area (Å²) >= 11 is 0. The molecule has 154 valence electrons. The molecule has 0 unspecified atom stereocenters. The molecule has 1 aliphatic carbocycles. The maximum Gasteiger partial charge on any atom is 0.153 e. The lowest BCUT2D eigenvalue weighted by Crippen LogP contribution is -2.39. The minimum absolute atomic E-state index is 0.0301. The minimum Gasteiger partial charge on any atom is -0.370 e. The predicted molar refractivity (Wildman–Crippen MR) is 116 cm³/mol. The highest BCUT2D eigenvalue weighted by Crippen LogP contribution is 2.39. The van der Waals surface area contributed by atoms with Crippen molar-refractivity contribution in [1.82, 2.24) is 20.2 Å². The Labute approximate surface area is 176 Å². The monoisotopic (exact) mass is 402 g/mol. The van der Waals surface area contributed by atoms with Gasteiger partial charge in [-0.15, -0.1) is 5.10 Å². The molecule has 0 aromatic carbocycles. The Balaban J connectivity index is 1.11. The number of hydrogen-bond donors (Lipinski definition) is 1.